The van der Waals surface area contributed by atoms with Crippen LogP contribution in [0.3, 0.4) is 0 Å². The van der Waals surface area contributed by atoms with Gasteiger partial charge < -0.3 is 15.8 Å². The van der Waals surface area contributed by atoms with Crippen LogP contribution in [-0.4, -0.2) is 19.3 Å². The topological polar surface area (TPSA) is 47.3 Å². The van der Waals surface area contributed by atoms with Crippen molar-refractivity contribution in [3.63, 3.8) is 0 Å². The smallest absolute Gasteiger partial charge is 0.397 e. The number of nitrogens with two attached hydrogens (primary N) is 1. The minimum atomic E-state index is -4.38. The average Bonchev–Trinajstić information content (AvgIpc) is 2.34. The summed E-state index contributed by atoms with van der Waals surface area (Å²) in [6.07, 6.45) is -4.38. The van der Waals surface area contributed by atoms with E-state index in [0.717, 1.165) is 12.1 Å². The number of alkyl halides is 3. The maximum atomic E-state index is 12.6. The molecular formula is C14H21F3N2O. The number of benzene rings is 1. The van der Waals surface area contributed by atoms with Gasteiger partial charge in [-0.2, -0.15) is 13.2 Å². The van der Waals surface area contributed by atoms with E-state index in [0.29, 0.717) is 18.9 Å². The fourth-order valence-electron chi connectivity index (χ4n) is 1.72. The molecule has 0 heterocycles. The molecule has 114 valence electrons. The average molecular weight is 290 g/mol. The van der Waals surface area contributed by atoms with Crippen molar-refractivity contribution < 1.29 is 17.9 Å². The van der Waals surface area contributed by atoms with E-state index in [2.05, 4.69) is 5.32 Å². The summed E-state index contributed by atoms with van der Waals surface area (Å²) in [7, 11) is 0. The summed E-state index contributed by atoms with van der Waals surface area (Å²) in [5.74, 6) is 0.267. The Morgan fingerprint density at radius 1 is 1.30 bits per heavy atom. The molecule has 1 atom stereocenters. The number of rotatable bonds is 6. The molecule has 0 bridgehead atoms. The van der Waals surface area contributed by atoms with E-state index >= 15 is 0 Å². The maximum Gasteiger partial charge on any atom is 0.416 e. The molecule has 0 saturated carbocycles. The van der Waals surface area contributed by atoms with Crippen molar-refractivity contribution in [1.82, 2.24) is 0 Å². The van der Waals surface area contributed by atoms with Crippen LogP contribution in [0, 0.1) is 5.92 Å². The molecule has 1 aromatic carbocycles. The molecule has 0 aliphatic rings. The van der Waals surface area contributed by atoms with Crippen LogP contribution < -0.4 is 11.1 Å². The third-order valence-corrected chi connectivity index (χ3v) is 3.03. The summed E-state index contributed by atoms with van der Waals surface area (Å²) in [6, 6.07) is 3.32. The second-order valence-corrected chi connectivity index (χ2v) is 4.95. The molecule has 1 aromatic rings. The van der Waals surface area contributed by atoms with Gasteiger partial charge in [0.2, 0.25) is 0 Å². The van der Waals surface area contributed by atoms with Crippen molar-refractivity contribution in [2.45, 2.75) is 33.0 Å². The first-order valence-electron chi connectivity index (χ1n) is 6.56. The highest BCUT2D eigenvalue weighted by atomic mass is 19.4. The third kappa shape index (κ3) is 4.59. The molecule has 3 nitrogen and oxygen atoms in total. The Bertz CT molecular complexity index is 433. The molecule has 0 aliphatic carbocycles. The van der Waals surface area contributed by atoms with Gasteiger partial charge in [-0.3, -0.25) is 0 Å². The summed E-state index contributed by atoms with van der Waals surface area (Å²) in [5.41, 5.74) is 5.53. The Balaban J connectivity index is 2.86. The molecule has 6 heteroatoms. The van der Waals surface area contributed by atoms with Gasteiger partial charge in [0.1, 0.15) is 0 Å². The highest BCUT2D eigenvalue weighted by Gasteiger charge is 2.31. The predicted molar refractivity (Wildman–Crippen MR) is 74.6 cm³/mol. The first kappa shape index (κ1) is 16.6. The molecule has 0 saturated heterocycles. The molecule has 3 N–H and O–H groups in total. The van der Waals surface area contributed by atoms with Crippen LogP contribution in [-0.2, 0) is 10.9 Å². The number of halogens is 3. The van der Waals surface area contributed by atoms with Gasteiger partial charge in [0.05, 0.1) is 29.6 Å². The van der Waals surface area contributed by atoms with Crippen molar-refractivity contribution in [1.29, 1.82) is 0 Å². The number of anilines is 2. The van der Waals surface area contributed by atoms with E-state index in [1.54, 1.807) is 0 Å². The SMILES string of the molecule is CCOCC(Nc1ccc(C(F)(F)F)cc1N)C(C)C. The highest BCUT2D eigenvalue weighted by Crippen LogP contribution is 2.33. The van der Waals surface area contributed by atoms with Gasteiger partial charge in [-0.15, -0.1) is 0 Å². The van der Waals surface area contributed by atoms with Gasteiger partial charge in [0.15, 0.2) is 0 Å². The molecule has 0 amide bonds. The van der Waals surface area contributed by atoms with E-state index < -0.39 is 11.7 Å². The fourth-order valence-corrected chi connectivity index (χ4v) is 1.72. The lowest BCUT2D eigenvalue weighted by Gasteiger charge is -2.24. The molecule has 0 spiro atoms. The van der Waals surface area contributed by atoms with Crippen LogP contribution in [0.2, 0.25) is 0 Å². The van der Waals surface area contributed by atoms with Crippen molar-refractivity contribution in [3.05, 3.63) is 23.8 Å². The monoisotopic (exact) mass is 290 g/mol. The first-order chi connectivity index (χ1) is 9.25. The van der Waals surface area contributed by atoms with Gasteiger partial charge in [-0.25, -0.2) is 0 Å². The van der Waals surface area contributed by atoms with E-state index in [1.807, 2.05) is 20.8 Å². The lowest BCUT2D eigenvalue weighted by molar-refractivity contribution is -0.137. The Kier molecular flexibility index (Phi) is 5.68. The lowest BCUT2D eigenvalue weighted by atomic mass is 10.0. The standard InChI is InChI=1S/C14H21F3N2O/c1-4-20-8-13(9(2)3)19-12-6-5-10(7-11(12)18)14(15,16)17/h5-7,9,13,19H,4,8,18H2,1-3H3. The predicted octanol–water partition coefficient (Wildman–Crippen LogP) is 3.76. The first-order valence-corrected chi connectivity index (χ1v) is 6.56. The third-order valence-electron chi connectivity index (χ3n) is 3.03. The molecule has 20 heavy (non-hydrogen) atoms. The Morgan fingerprint density at radius 3 is 2.40 bits per heavy atom. The maximum absolute atomic E-state index is 12.6. The van der Waals surface area contributed by atoms with E-state index in [4.69, 9.17) is 10.5 Å². The van der Waals surface area contributed by atoms with Crippen LogP contribution in [0.4, 0.5) is 24.5 Å². The zero-order valence-electron chi connectivity index (χ0n) is 11.9. The van der Waals surface area contributed by atoms with Crippen LogP contribution in [0.15, 0.2) is 18.2 Å². The molecule has 0 radical (unpaired) electrons. The zero-order chi connectivity index (χ0) is 15.3. The van der Waals surface area contributed by atoms with Crippen molar-refractivity contribution >= 4 is 11.4 Å². The van der Waals surface area contributed by atoms with Crippen molar-refractivity contribution in [2.24, 2.45) is 5.92 Å². The molecule has 1 rings (SSSR count). The Hall–Kier alpha value is -1.43. The van der Waals surface area contributed by atoms with Gasteiger partial charge in [0, 0.05) is 6.61 Å². The molecule has 0 aromatic heterocycles. The van der Waals surface area contributed by atoms with E-state index in [-0.39, 0.29) is 17.6 Å². The van der Waals surface area contributed by atoms with Crippen LogP contribution >= 0.6 is 0 Å². The molecule has 1 unspecified atom stereocenters. The quantitative estimate of drug-likeness (QED) is 0.784. The van der Waals surface area contributed by atoms with E-state index in [1.165, 1.54) is 6.07 Å². The number of ether oxygens (including phenoxy) is 1. The lowest BCUT2D eigenvalue weighted by Crippen LogP contribution is -2.31. The minimum absolute atomic E-state index is 0.00557. The van der Waals surface area contributed by atoms with Gasteiger partial charge in [-0.05, 0) is 31.0 Å². The molecule has 0 aliphatic heterocycles. The summed E-state index contributed by atoms with van der Waals surface area (Å²) in [6.45, 7) is 6.99. The summed E-state index contributed by atoms with van der Waals surface area (Å²) in [5, 5.41) is 3.14. The Labute approximate surface area is 117 Å². The van der Waals surface area contributed by atoms with Crippen LogP contribution in [0.25, 0.3) is 0 Å². The van der Waals surface area contributed by atoms with Crippen LogP contribution in [0.5, 0.6) is 0 Å². The van der Waals surface area contributed by atoms with Crippen molar-refractivity contribution in [2.75, 3.05) is 24.3 Å². The fraction of sp³-hybridized carbons (Fsp3) is 0.571. The number of hydrogen-bond acceptors (Lipinski definition) is 3. The van der Waals surface area contributed by atoms with Gasteiger partial charge in [0.25, 0.3) is 0 Å². The van der Waals surface area contributed by atoms with Gasteiger partial charge >= 0.3 is 6.18 Å². The zero-order valence-corrected chi connectivity index (χ0v) is 11.9. The van der Waals surface area contributed by atoms with Crippen LogP contribution in [0.1, 0.15) is 26.3 Å². The number of nitrogen functional groups attached to an aromatic ring is 1. The normalized spacial score (nSPS) is 13.6. The number of hydrogen-bond donors (Lipinski definition) is 2. The minimum Gasteiger partial charge on any atom is -0.397 e. The summed E-state index contributed by atoms with van der Waals surface area (Å²) >= 11 is 0. The molecular weight excluding hydrogens is 269 g/mol. The van der Waals surface area contributed by atoms with Gasteiger partial charge in [-0.1, -0.05) is 13.8 Å². The largest absolute Gasteiger partial charge is 0.416 e. The summed E-state index contributed by atoms with van der Waals surface area (Å²) in [4.78, 5) is 0. The number of nitrogens with one attached hydrogen (secondary N) is 1. The second-order valence-electron chi connectivity index (χ2n) is 4.95. The Morgan fingerprint density at radius 2 is 1.95 bits per heavy atom. The van der Waals surface area contributed by atoms with Crippen molar-refractivity contribution in [3.8, 4) is 0 Å². The highest BCUT2D eigenvalue weighted by molar-refractivity contribution is 5.67. The summed E-state index contributed by atoms with van der Waals surface area (Å²) < 4.78 is 43.0. The second kappa shape index (κ2) is 6.83. The van der Waals surface area contributed by atoms with E-state index in [9.17, 15) is 13.2 Å². The molecule has 0 fully saturated rings.